The summed E-state index contributed by atoms with van der Waals surface area (Å²) >= 11 is 0. The van der Waals surface area contributed by atoms with Crippen molar-refractivity contribution in [1.82, 2.24) is 25.1 Å². The average molecular weight is 303 g/mol. The fourth-order valence-corrected chi connectivity index (χ4v) is 2.81. The first-order chi connectivity index (χ1) is 10.7. The second-order valence-corrected chi connectivity index (χ2v) is 5.80. The quantitative estimate of drug-likeness (QED) is 0.858. The zero-order valence-electron chi connectivity index (χ0n) is 12.7. The molecule has 0 spiro atoms. The molecule has 0 amide bonds. The third kappa shape index (κ3) is 3.80. The molecule has 1 aliphatic heterocycles. The average Bonchev–Trinajstić information content (AvgIpc) is 2.76. The highest BCUT2D eigenvalue weighted by atomic mass is 16.5. The van der Waals surface area contributed by atoms with Gasteiger partial charge in [-0.1, -0.05) is 0 Å². The number of ether oxygens (including phenoxy) is 1. The number of rotatable bonds is 4. The number of H-pyrrole nitrogens is 2. The summed E-state index contributed by atoms with van der Waals surface area (Å²) in [6, 6.07) is 1.56. The van der Waals surface area contributed by atoms with E-state index in [1.807, 2.05) is 13.1 Å². The third-order valence-electron chi connectivity index (χ3n) is 3.98. The van der Waals surface area contributed by atoms with Crippen LogP contribution in [-0.4, -0.2) is 51.4 Å². The van der Waals surface area contributed by atoms with E-state index in [0.717, 1.165) is 44.0 Å². The summed E-state index contributed by atoms with van der Waals surface area (Å²) in [6.07, 6.45) is 4.10. The van der Waals surface area contributed by atoms with E-state index in [2.05, 4.69) is 25.1 Å². The predicted octanol–water partition coefficient (Wildman–Crippen LogP) is 0.493. The number of nitrogens with zero attached hydrogens (tertiary/aromatic N) is 3. The Kier molecular flexibility index (Phi) is 4.65. The van der Waals surface area contributed by atoms with Gasteiger partial charge in [0.05, 0.1) is 25.7 Å². The lowest BCUT2D eigenvalue weighted by molar-refractivity contribution is 0.121. The highest BCUT2D eigenvalue weighted by molar-refractivity contribution is 5.14. The summed E-state index contributed by atoms with van der Waals surface area (Å²) in [4.78, 5) is 20.5. The first kappa shape index (κ1) is 14.9. The van der Waals surface area contributed by atoms with Gasteiger partial charge in [-0.25, -0.2) is 4.98 Å². The highest BCUT2D eigenvalue weighted by Crippen LogP contribution is 2.15. The van der Waals surface area contributed by atoms with Crippen molar-refractivity contribution in [2.45, 2.75) is 19.9 Å². The number of nitrogens with one attached hydrogen (secondary N) is 2. The molecular formula is C15H21N5O2. The fraction of sp³-hybridized carbons (Fsp3) is 0.533. The van der Waals surface area contributed by atoms with Crippen LogP contribution < -0.4 is 5.56 Å². The minimum Gasteiger partial charge on any atom is -0.380 e. The first-order valence-corrected chi connectivity index (χ1v) is 7.53. The van der Waals surface area contributed by atoms with Crippen molar-refractivity contribution in [2.24, 2.45) is 5.92 Å². The van der Waals surface area contributed by atoms with E-state index in [0.29, 0.717) is 12.5 Å². The van der Waals surface area contributed by atoms with Crippen LogP contribution in [0.3, 0.4) is 0 Å². The van der Waals surface area contributed by atoms with Crippen LogP contribution in [0, 0.1) is 12.8 Å². The van der Waals surface area contributed by atoms with E-state index < -0.39 is 0 Å². The molecule has 0 aliphatic carbocycles. The maximum Gasteiger partial charge on any atom is 0.250 e. The Morgan fingerprint density at radius 3 is 3.18 bits per heavy atom. The maximum absolute atomic E-state index is 11.4. The Morgan fingerprint density at radius 2 is 2.41 bits per heavy atom. The summed E-state index contributed by atoms with van der Waals surface area (Å²) in [6.45, 7) is 6.17. The summed E-state index contributed by atoms with van der Waals surface area (Å²) in [5, 5.41) is 7.05. The molecule has 0 aromatic carbocycles. The van der Waals surface area contributed by atoms with Crippen LogP contribution in [0.4, 0.5) is 0 Å². The van der Waals surface area contributed by atoms with Gasteiger partial charge in [0.15, 0.2) is 0 Å². The van der Waals surface area contributed by atoms with Crippen molar-refractivity contribution in [2.75, 3.05) is 26.3 Å². The molecular weight excluding hydrogens is 282 g/mol. The van der Waals surface area contributed by atoms with E-state index >= 15 is 0 Å². The Balaban J connectivity index is 1.65. The lowest BCUT2D eigenvalue weighted by Gasteiger charge is -2.22. The fourth-order valence-electron chi connectivity index (χ4n) is 2.81. The molecule has 1 unspecified atom stereocenters. The second kappa shape index (κ2) is 6.85. The van der Waals surface area contributed by atoms with Crippen LogP contribution >= 0.6 is 0 Å². The van der Waals surface area contributed by atoms with Crippen molar-refractivity contribution < 1.29 is 4.74 Å². The SMILES string of the molecule is Cc1[nH]ncc1CN1CCOCC(Cc2cc(=O)[nH]cn2)C1. The largest absolute Gasteiger partial charge is 0.380 e. The standard InChI is InChI=1S/C15H21N5O2/c1-11-13(6-18-19-11)8-20-2-3-22-9-12(7-20)4-14-5-15(21)17-10-16-14/h5-6,10,12H,2-4,7-9H2,1H3,(H,18,19)(H,16,17,21). The zero-order valence-corrected chi connectivity index (χ0v) is 12.7. The van der Waals surface area contributed by atoms with Gasteiger partial charge < -0.3 is 9.72 Å². The molecule has 7 nitrogen and oxygen atoms in total. The molecule has 2 aromatic rings. The monoisotopic (exact) mass is 303 g/mol. The molecule has 3 rings (SSSR count). The van der Waals surface area contributed by atoms with Gasteiger partial charge in [0.1, 0.15) is 0 Å². The molecule has 1 saturated heterocycles. The molecule has 118 valence electrons. The first-order valence-electron chi connectivity index (χ1n) is 7.53. The Hall–Kier alpha value is -1.99. The van der Waals surface area contributed by atoms with Crippen molar-refractivity contribution in [3.05, 3.63) is 45.9 Å². The molecule has 0 bridgehead atoms. The van der Waals surface area contributed by atoms with Crippen LogP contribution in [0.25, 0.3) is 0 Å². The molecule has 0 radical (unpaired) electrons. The van der Waals surface area contributed by atoms with Crippen molar-refractivity contribution in [3.8, 4) is 0 Å². The van der Waals surface area contributed by atoms with Gasteiger partial charge in [-0.2, -0.15) is 5.10 Å². The van der Waals surface area contributed by atoms with E-state index in [1.165, 1.54) is 11.9 Å². The number of aromatic amines is 2. The minimum absolute atomic E-state index is 0.106. The van der Waals surface area contributed by atoms with Crippen LogP contribution in [0.1, 0.15) is 17.0 Å². The highest BCUT2D eigenvalue weighted by Gasteiger charge is 2.20. The summed E-state index contributed by atoms with van der Waals surface area (Å²) in [5.41, 5.74) is 3.04. The van der Waals surface area contributed by atoms with Crippen LogP contribution in [0.2, 0.25) is 0 Å². The smallest absolute Gasteiger partial charge is 0.250 e. The zero-order chi connectivity index (χ0) is 15.4. The van der Waals surface area contributed by atoms with E-state index in [9.17, 15) is 4.79 Å². The molecule has 22 heavy (non-hydrogen) atoms. The van der Waals surface area contributed by atoms with Crippen LogP contribution in [0.5, 0.6) is 0 Å². The third-order valence-corrected chi connectivity index (χ3v) is 3.98. The maximum atomic E-state index is 11.4. The Labute approximate surface area is 128 Å². The van der Waals surface area contributed by atoms with E-state index in [1.54, 1.807) is 6.07 Å². The molecule has 0 saturated carbocycles. The number of aryl methyl sites for hydroxylation is 1. The van der Waals surface area contributed by atoms with Gasteiger partial charge in [-0.3, -0.25) is 14.8 Å². The van der Waals surface area contributed by atoms with Crippen LogP contribution in [-0.2, 0) is 17.7 Å². The van der Waals surface area contributed by atoms with Crippen LogP contribution in [0.15, 0.2) is 23.4 Å². The molecule has 1 fully saturated rings. The summed E-state index contributed by atoms with van der Waals surface area (Å²) < 4.78 is 5.71. The molecule has 7 heteroatoms. The minimum atomic E-state index is -0.106. The second-order valence-electron chi connectivity index (χ2n) is 5.80. The van der Waals surface area contributed by atoms with Gasteiger partial charge in [0.25, 0.3) is 5.56 Å². The Morgan fingerprint density at radius 1 is 1.50 bits per heavy atom. The molecule has 1 atom stereocenters. The molecule has 2 N–H and O–H groups in total. The van der Waals surface area contributed by atoms with Crippen molar-refractivity contribution in [3.63, 3.8) is 0 Å². The molecule has 2 aromatic heterocycles. The van der Waals surface area contributed by atoms with Crippen molar-refractivity contribution >= 4 is 0 Å². The van der Waals surface area contributed by atoms with Gasteiger partial charge in [0, 0.05) is 48.6 Å². The van der Waals surface area contributed by atoms with Gasteiger partial charge in [-0.15, -0.1) is 0 Å². The number of hydrogen-bond acceptors (Lipinski definition) is 5. The van der Waals surface area contributed by atoms with E-state index in [-0.39, 0.29) is 5.56 Å². The molecule has 1 aliphatic rings. The topological polar surface area (TPSA) is 86.9 Å². The lowest BCUT2D eigenvalue weighted by atomic mass is 10.0. The van der Waals surface area contributed by atoms with Gasteiger partial charge in [0.2, 0.25) is 0 Å². The lowest BCUT2D eigenvalue weighted by Crippen LogP contribution is -2.31. The summed E-state index contributed by atoms with van der Waals surface area (Å²) in [7, 11) is 0. The van der Waals surface area contributed by atoms with E-state index in [4.69, 9.17) is 4.74 Å². The van der Waals surface area contributed by atoms with Crippen molar-refractivity contribution in [1.29, 1.82) is 0 Å². The normalized spacial score (nSPS) is 20.0. The molecule has 3 heterocycles. The Bertz CT molecular complexity index is 666. The van der Waals surface area contributed by atoms with Gasteiger partial charge >= 0.3 is 0 Å². The van der Waals surface area contributed by atoms with Gasteiger partial charge in [-0.05, 0) is 13.3 Å². The summed E-state index contributed by atoms with van der Waals surface area (Å²) in [5.74, 6) is 0.337. The number of hydrogen-bond donors (Lipinski definition) is 2. The number of aromatic nitrogens is 4. The predicted molar refractivity (Wildman–Crippen MR) is 81.5 cm³/mol.